The molecule has 0 atom stereocenters. The van der Waals surface area contributed by atoms with Crippen LogP contribution in [0.2, 0.25) is 5.15 Å². The molecule has 0 aliphatic carbocycles. The minimum Gasteiger partial charge on any atom is -0.358 e. The lowest BCUT2D eigenvalue weighted by atomic mass is 10.3. The number of aromatic nitrogens is 4. The van der Waals surface area contributed by atoms with E-state index in [9.17, 15) is 8.78 Å². The van der Waals surface area contributed by atoms with Crippen LogP contribution in [0.5, 0.6) is 0 Å². The summed E-state index contributed by atoms with van der Waals surface area (Å²) in [6.45, 7) is 0. The van der Waals surface area contributed by atoms with Crippen LogP contribution in [0.25, 0.3) is 22.1 Å². The highest BCUT2D eigenvalue weighted by atomic mass is 35.5. The van der Waals surface area contributed by atoms with E-state index in [0.717, 1.165) is 11.6 Å². The quantitative estimate of drug-likeness (QED) is 0.487. The van der Waals surface area contributed by atoms with Gasteiger partial charge in [0.15, 0.2) is 5.82 Å². The molecule has 4 aromatic rings. The lowest BCUT2D eigenvalue weighted by Gasteiger charge is -1.99. The number of benzene rings is 1. The van der Waals surface area contributed by atoms with Crippen molar-refractivity contribution < 1.29 is 8.78 Å². The fourth-order valence-electron chi connectivity index (χ4n) is 2.30. The highest BCUT2D eigenvalue weighted by molar-refractivity contribution is 6.29. The number of hydrogen-bond acceptors (Lipinski definition) is 3. The molecule has 4 rings (SSSR count). The van der Waals surface area contributed by atoms with Gasteiger partial charge < -0.3 is 15.3 Å². The maximum absolute atomic E-state index is 13.7. The van der Waals surface area contributed by atoms with E-state index in [2.05, 4.69) is 25.3 Å². The van der Waals surface area contributed by atoms with E-state index in [0.29, 0.717) is 16.4 Å². The standard InChI is InChI=1S/C14H8ClF2N5/c15-11-2-1-8-13(21-11)10(5-18-8)20-14-19-9-4-6(16)3-7(17)12(9)22-14/h1-5,18H,(H2,19,20,22). The third-order valence-electron chi connectivity index (χ3n) is 3.25. The van der Waals surface area contributed by atoms with Gasteiger partial charge in [0.25, 0.3) is 0 Å². The van der Waals surface area contributed by atoms with Crippen molar-refractivity contribution in [1.29, 1.82) is 0 Å². The van der Waals surface area contributed by atoms with Crippen LogP contribution in [0.15, 0.2) is 30.5 Å². The minimum atomic E-state index is -0.723. The molecule has 3 heterocycles. The predicted octanol–water partition coefficient (Wildman–Crippen LogP) is 4.11. The molecule has 0 amide bonds. The van der Waals surface area contributed by atoms with Crippen molar-refractivity contribution >= 4 is 45.3 Å². The van der Waals surface area contributed by atoms with Gasteiger partial charge >= 0.3 is 0 Å². The number of halogens is 3. The molecule has 0 aliphatic heterocycles. The molecule has 110 valence electrons. The fraction of sp³-hybridized carbons (Fsp3) is 0. The monoisotopic (exact) mass is 319 g/mol. The molecule has 0 fully saturated rings. The number of H-pyrrole nitrogens is 2. The Bertz CT molecular complexity index is 1010. The molecule has 3 aromatic heterocycles. The van der Waals surface area contributed by atoms with Crippen LogP contribution in [-0.2, 0) is 0 Å². The van der Waals surface area contributed by atoms with Gasteiger partial charge in [-0.15, -0.1) is 0 Å². The van der Waals surface area contributed by atoms with E-state index in [-0.39, 0.29) is 17.0 Å². The molecule has 22 heavy (non-hydrogen) atoms. The summed E-state index contributed by atoms with van der Waals surface area (Å²) < 4.78 is 26.9. The Morgan fingerprint density at radius 3 is 2.77 bits per heavy atom. The second-order valence-electron chi connectivity index (χ2n) is 4.73. The number of anilines is 2. The van der Waals surface area contributed by atoms with Crippen LogP contribution in [0.4, 0.5) is 20.4 Å². The molecular formula is C14H8ClF2N5. The minimum absolute atomic E-state index is 0.0646. The van der Waals surface area contributed by atoms with Crippen molar-refractivity contribution in [3.05, 3.63) is 47.2 Å². The summed E-state index contributed by atoms with van der Waals surface area (Å²) >= 11 is 5.89. The van der Waals surface area contributed by atoms with E-state index in [1.165, 1.54) is 6.07 Å². The molecular weight excluding hydrogens is 312 g/mol. The normalized spacial score (nSPS) is 11.4. The lowest BCUT2D eigenvalue weighted by Crippen LogP contribution is -1.91. The van der Waals surface area contributed by atoms with Crippen LogP contribution in [-0.4, -0.2) is 19.9 Å². The summed E-state index contributed by atoms with van der Waals surface area (Å²) in [5.74, 6) is -1.11. The molecule has 1 aromatic carbocycles. The SMILES string of the molecule is Fc1cc(F)c2nc(Nc3c[nH]c4ccc(Cl)nc34)[nH]c2c1. The van der Waals surface area contributed by atoms with Crippen LogP contribution in [0.3, 0.4) is 0 Å². The third kappa shape index (κ3) is 2.06. The third-order valence-corrected chi connectivity index (χ3v) is 3.46. The lowest BCUT2D eigenvalue weighted by molar-refractivity contribution is 0.591. The first-order chi connectivity index (χ1) is 10.6. The summed E-state index contributed by atoms with van der Waals surface area (Å²) in [6, 6.07) is 5.44. The molecule has 0 saturated heterocycles. The Kier molecular flexibility index (Phi) is 2.77. The number of aromatic amines is 2. The molecule has 0 bridgehead atoms. The Hall–Kier alpha value is -2.67. The van der Waals surface area contributed by atoms with Crippen molar-refractivity contribution in [2.45, 2.75) is 0 Å². The van der Waals surface area contributed by atoms with Crippen molar-refractivity contribution in [1.82, 2.24) is 19.9 Å². The molecule has 0 aliphatic rings. The summed E-state index contributed by atoms with van der Waals surface area (Å²) in [6.07, 6.45) is 1.69. The maximum Gasteiger partial charge on any atom is 0.205 e. The molecule has 0 radical (unpaired) electrons. The Morgan fingerprint density at radius 1 is 1.05 bits per heavy atom. The van der Waals surface area contributed by atoms with Gasteiger partial charge in [0.2, 0.25) is 5.95 Å². The van der Waals surface area contributed by atoms with Crippen molar-refractivity contribution in [2.24, 2.45) is 0 Å². The average molecular weight is 320 g/mol. The first-order valence-corrected chi connectivity index (χ1v) is 6.73. The molecule has 0 spiro atoms. The maximum atomic E-state index is 13.7. The van der Waals surface area contributed by atoms with Gasteiger partial charge in [0.05, 0.1) is 16.7 Å². The zero-order chi connectivity index (χ0) is 15.3. The van der Waals surface area contributed by atoms with Crippen LogP contribution in [0.1, 0.15) is 0 Å². The van der Waals surface area contributed by atoms with Crippen LogP contribution < -0.4 is 5.32 Å². The van der Waals surface area contributed by atoms with Crippen molar-refractivity contribution in [2.75, 3.05) is 5.32 Å². The molecule has 0 saturated carbocycles. The van der Waals surface area contributed by atoms with E-state index < -0.39 is 11.6 Å². The largest absolute Gasteiger partial charge is 0.358 e. The highest BCUT2D eigenvalue weighted by Gasteiger charge is 2.12. The number of nitrogens with one attached hydrogen (secondary N) is 3. The highest BCUT2D eigenvalue weighted by Crippen LogP contribution is 2.26. The Labute approximate surface area is 127 Å². The second-order valence-corrected chi connectivity index (χ2v) is 5.11. The van der Waals surface area contributed by atoms with E-state index in [1.54, 1.807) is 18.3 Å². The average Bonchev–Trinajstić information content (AvgIpc) is 3.03. The van der Waals surface area contributed by atoms with Gasteiger partial charge in [-0.2, -0.15) is 0 Å². The second kappa shape index (κ2) is 4.67. The number of hydrogen-bond donors (Lipinski definition) is 3. The van der Waals surface area contributed by atoms with E-state index >= 15 is 0 Å². The topological polar surface area (TPSA) is 69.4 Å². The van der Waals surface area contributed by atoms with Gasteiger partial charge in [0.1, 0.15) is 22.0 Å². The number of pyridine rings is 1. The van der Waals surface area contributed by atoms with Gasteiger partial charge in [-0.3, -0.25) is 0 Å². The summed E-state index contributed by atoms with van der Waals surface area (Å²) in [5.41, 5.74) is 2.37. The fourth-order valence-corrected chi connectivity index (χ4v) is 2.45. The number of nitrogens with zero attached hydrogens (tertiary/aromatic N) is 2. The van der Waals surface area contributed by atoms with Crippen LogP contribution in [0, 0.1) is 11.6 Å². The zero-order valence-corrected chi connectivity index (χ0v) is 11.7. The van der Waals surface area contributed by atoms with Gasteiger partial charge in [-0.1, -0.05) is 11.6 Å². The van der Waals surface area contributed by atoms with Crippen LogP contribution >= 0.6 is 11.6 Å². The number of fused-ring (bicyclic) bond motifs is 2. The van der Waals surface area contributed by atoms with Gasteiger partial charge in [0, 0.05) is 12.3 Å². The van der Waals surface area contributed by atoms with Gasteiger partial charge in [-0.25, -0.2) is 18.7 Å². The first kappa shape index (κ1) is 13.0. The molecule has 0 unspecified atom stereocenters. The van der Waals surface area contributed by atoms with Crippen molar-refractivity contribution in [3.63, 3.8) is 0 Å². The Balaban J connectivity index is 1.79. The smallest absolute Gasteiger partial charge is 0.205 e. The summed E-state index contributed by atoms with van der Waals surface area (Å²) in [4.78, 5) is 14.1. The predicted molar refractivity (Wildman–Crippen MR) is 80.4 cm³/mol. The zero-order valence-electron chi connectivity index (χ0n) is 10.9. The van der Waals surface area contributed by atoms with Gasteiger partial charge in [-0.05, 0) is 18.2 Å². The molecule has 8 heteroatoms. The molecule has 3 N–H and O–H groups in total. The van der Waals surface area contributed by atoms with E-state index in [1.807, 2.05) is 0 Å². The number of imidazole rings is 1. The first-order valence-electron chi connectivity index (χ1n) is 6.35. The summed E-state index contributed by atoms with van der Waals surface area (Å²) in [5, 5.41) is 3.34. The summed E-state index contributed by atoms with van der Waals surface area (Å²) in [7, 11) is 0. The van der Waals surface area contributed by atoms with E-state index in [4.69, 9.17) is 11.6 Å². The Morgan fingerprint density at radius 2 is 1.91 bits per heavy atom. The van der Waals surface area contributed by atoms with Crippen molar-refractivity contribution in [3.8, 4) is 0 Å². The molecule has 5 nitrogen and oxygen atoms in total. The number of rotatable bonds is 2.